The lowest BCUT2D eigenvalue weighted by molar-refractivity contribution is -0.401. The molecule has 2 unspecified atom stereocenters. The van der Waals surface area contributed by atoms with Crippen molar-refractivity contribution in [1.29, 1.82) is 0 Å². The topological polar surface area (TPSA) is 15.5 Å². The third-order valence-electron chi connectivity index (χ3n) is 12.0. The maximum atomic E-state index is 5.76. The third-order valence-corrected chi connectivity index (χ3v) is 12.0. The standard InChI is InChI=1S/C50H49N2O/c1-35-16-10-13-22-40(35)34-49(2)43-32-41(53-6)27-29-44(43)51(4)46(49)30-25-38(37-19-8-7-9-20-37)26-31-47-50(3,33-36-17-11-12-18-36)48-42-23-15-14-21-39(42)24-28-45(48)52(47)5/h7-17,19-32H,18,33-34H2,1-6H3/q+1. The van der Waals surface area contributed by atoms with Crippen molar-refractivity contribution >= 4 is 33.4 Å². The lowest BCUT2D eigenvalue weighted by Gasteiger charge is -2.30. The monoisotopic (exact) mass is 693 g/mol. The summed E-state index contributed by atoms with van der Waals surface area (Å²) in [7, 11) is 6.20. The van der Waals surface area contributed by atoms with Gasteiger partial charge in [-0.15, -0.1) is 0 Å². The van der Waals surface area contributed by atoms with Gasteiger partial charge >= 0.3 is 0 Å². The number of hydrogen-bond acceptors (Lipinski definition) is 2. The molecule has 0 radical (unpaired) electrons. The van der Waals surface area contributed by atoms with Gasteiger partial charge in [0.15, 0.2) is 5.71 Å². The van der Waals surface area contributed by atoms with Crippen LogP contribution in [-0.2, 0) is 17.3 Å². The molecule has 5 aromatic rings. The van der Waals surface area contributed by atoms with E-state index in [2.05, 4.69) is 196 Å². The van der Waals surface area contributed by atoms with Crippen LogP contribution in [0.1, 0.15) is 54.5 Å². The van der Waals surface area contributed by atoms with Crippen LogP contribution in [0.2, 0.25) is 0 Å². The van der Waals surface area contributed by atoms with Gasteiger partial charge in [-0.25, -0.2) is 0 Å². The van der Waals surface area contributed by atoms with Crippen molar-refractivity contribution in [3.8, 4) is 5.75 Å². The molecule has 2 atom stereocenters. The Hall–Kier alpha value is -5.67. The van der Waals surface area contributed by atoms with Gasteiger partial charge in [-0.2, -0.15) is 4.58 Å². The van der Waals surface area contributed by atoms with Gasteiger partial charge in [-0.1, -0.05) is 115 Å². The van der Waals surface area contributed by atoms with Crippen LogP contribution >= 0.6 is 0 Å². The van der Waals surface area contributed by atoms with Crippen LogP contribution in [0.25, 0.3) is 16.3 Å². The predicted octanol–water partition coefficient (Wildman–Crippen LogP) is 11.6. The van der Waals surface area contributed by atoms with Gasteiger partial charge in [-0.05, 0) is 109 Å². The first-order valence-corrected chi connectivity index (χ1v) is 18.8. The minimum atomic E-state index is -0.266. The lowest BCUT2D eigenvalue weighted by atomic mass is 9.73. The highest BCUT2D eigenvalue weighted by molar-refractivity contribution is 6.05. The highest BCUT2D eigenvalue weighted by Crippen LogP contribution is 2.54. The molecule has 0 N–H and O–H groups in total. The summed E-state index contributed by atoms with van der Waals surface area (Å²) in [5, 5.41) is 2.63. The number of aryl methyl sites for hydroxylation is 1. The molecule has 8 rings (SSSR count). The fourth-order valence-electron chi connectivity index (χ4n) is 9.20. The van der Waals surface area contributed by atoms with Gasteiger partial charge in [0.1, 0.15) is 12.8 Å². The highest BCUT2D eigenvalue weighted by atomic mass is 16.5. The SMILES string of the molecule is COc1ccc2c(c1)C(C)(Cc1ccccc1C)C(/C=C/C(=C/C=C1/N(C)c3ccc4ccccc4c3C1(C)CC1=CC=CC1)c1ccccc1)=[N+]2C. The summed E-state index contributed by atoms with van der Waals surface area (Å²) in [6.45, 7) is 7.06. The van der Waals surface area contributed by atoms with E-state index in [1.54, 1.807) is 7.11 Å². The Morgan fingerprint density at radius 1 is 0.868 bits per heavy atom. The second kappa shape index (κ2) is 13.7. The zero-order chi connectivity index (χ0) is 36.7. The van der Waals surface area contributed by atoms with E-state index in [1.165, 1.54) is 72.5 Å². The van der Waals surface area contributed by atoms with Crippen LogP contribution in [0.15, 0.2) is 163 Å². The van der Waals surface area contributed by atoms with Crippen LogP contribution in [0, 0.1) is 6.92 Å². The number of nitrogens with zero attached hydrogens (tertiary/aromatic N) is 2. The van der Waals surface area contributed by atoms with Crippen LogP contribution in [0.5, 0.6) is 5.75 Å². The summed E-state index contributed by atoms with van der Waals surface area (Å²) in [5.41, 5.74) is 13.8. The first kappa shape index (κ1) is 34.4. The number of ether oxygens (including phenoxy) is 1. The summed E-state index contributed by atoms with van der Waals surface area (Å²) in [6, 6.07) is 39.6. The molecule has 0 saturated heterocycles. The van der Waals surface area contributed by atoms with E-state index in [9.17, 15) is 0 Å². The number of methoxy groups -OCH3 is 1. The van der Waals surface area contributed by atoms with Crippen molar-refractivity contribution in [2.45, 2.75) is 50.9 Å². The minimum absolute atomic E-state index is 0.196. The van der Waals surface area contributed by atoms with Gasteiger partial charge in [-0.3, -0.25) is 0 Å². The summed E-state index contributed by atoms with van der Waals surface area (Å²) < 4.78 is 8.13. The van der Waals surface area contributed by atoms with Crippen molar-refractivity contribution in [2.75, 3.05) is 26.1 Å². The number of likely N-dealkylation sites (N-methyl/N-ethyl adjacent to an activating group) is 1. The van der Waals surface area contributed by atoms with E-state index >= 15 is 0 Å². The van der Waals surface area contributed by atoms with Crippen molar-refractivity contribution in [3.63, 3.8) is 0 Å². The Labute approximate surface area is 315 Å². The molecule has 1 aliphatic carbocycles. The zero-order valence-corrected chi connectivity index (χ0v) is 31.9. The second-order valence-electron chi connectivity index (χ2n) is 15.3. The van der Waals surface area contributed by atoms with Crippen molar-refractivity contribution in [1.82, 2.24) is 0 Å². The first-order valence-electron chi connectivity index (χ1n) is 18.8. The molecule has 3 aliphatic rings. The number of rotatable bonds is 9. The maximum absolute atomic E-state index is 5.76. The first-order chi connectivity index (χ1) is 25.7. The summed E-state index contributed by atoms with van der Waals surface area (Å²) in [5.74, 6) is 0.886. The Balaban J connectivity index is 1.26. The zero-order valence-electron chi connectivity index (χ0n) is 31.9. The second-order valence-corrected chi connectivity index (χ2v) is 15.3. The van der Waals surface area contributed by atoms with Gasteiger partial charge < -0.3 is 9.64 Å². The molecule has 0 amide bonds. The molecule has 0 bridgehead atoms. The maximum Gasteiger partial charge on any atom is 0.209 e. The van der Waals surface area contributed by atoms with Gasteiger partial charge in [0, 0.05) is 41.6 Å². The van der Waals surface area contributed by atoms with Gasteiger partial charge in [0.25, 0.3) is 0 Å². The van der Waals surface area contributed by atoms with E-state index in [-0.39, 0.29) is 10.8 Å². The number of hydrogen-bond donors (Lipinski definition) is 0. The smallest absolute Gasteiger partial charge is 0.209 e. The molecular formula is C50H49N2O+. The third kappa shape index (κ3) is 5.99. The molecular weight excluding hydrogens is 645 g/mol. The van der Waals surface area contributed by atoms with Crippen molar-refractivity contribution in [3.05, 3.63) is 191 Å². The van der Waals surface area contributed by atoms with Crippen molar-refractivity contribution in [2.24, 2.45) is 0 Å². The molecule has 264 valence electrons. The van der Waals surface area contributed by atoms with Crippen molar-refractivity contribution < 1.29 is 9.31 Å². The Kier molecular flexibility index (Phi) is 8.90. The van der Waals surface area contributed by atoms with Crippen LogP contribution in [0.3, 0.4) is 0 Å². The lowest BCUT2D eigenvalue weighted by Crippen LogP contribution is -2.33. The Morgan fingerprint density at radius 2 is 1.64 bits per heavy atom. The van der Waals surface area contributed by atoms with Crippen LogP contribution in [-0.4, -0.2) is 31.5 Å². The molecule has 0 aromatic heterocycles. The Morgan fingerprint density at radius 3 is 2.42 bits per heavy atom. The largest absolute Gasteiger partial charge is 0.497 e. The quantitative estimate of drug-likeness (QED) is 0.113. The average molecular weight is 694 g/mol. The average Bonchev–Trinajstić information content (AvgIpc) is 3.82. The molecule has 5 aromatic carbocycles. The fourth-order valence-corrected chi connectivity index (χ4v) is 9.20. The normalized spacial score (nSPS) is 21.6. The van der Waals surface area contributed by atoms with E-state index in [1.807, 2.05) is 0 Å². The van der Waals surface area contributed by atoms with E-state index in [0.29, 0.717) is 0 Å². The number of anilines is 1. The highest BCUT2D eigenvalue weighted by Gasteiger charge is 2.47. The summed E-state index contributed by atoms with van der Waals surface area (Å²) in [4.78, 5) is 2.43. The van der Waals surface area contributed by atoms with E-state index in [0.717, 1.165) is 25.0 Å². The van der Waals surface area contributed by atoms with E-state index < -0.39 is 0 Å². The molecule has 2 aliphatic heterocycles. The summed E-state index contributed by atoms with van der Waals surface area (Å²) >= 11 is 0. The number of fused-ring (bicyclic) bond motifs is 4. The molecule has 3 nitrogen and oxygen atoms in total. The van der Waals surface area contributed by atoms with Gasteiger partial charge in [0.2, 0.25) is 5.69 Å². The molecule has 0 fully saturated rings. The van der Waals surface area contributed by atoms with Gasteiger partial charge in [0.05, 0.1) is 12.5 Å². The number of benzene rings is 5. The number of allylic oxidation sites excluding steroid dienone is 10. The Bertz CT molecular complexity index is 2420. The molecule has 0 saturated carbocycles. The minimum Gasteiger partial charge on any atom is -0.497 e. The van der Waals surface area contributed by atoms with E-state index in [4.69, 9.17) is 4.74 Å². The van der Waals surface area contributed by atoms with Crippen LogP contribution in [0.4, 0.5) is 11.4 Å². The summed E-state index contributed by atoms with van der Waals surface area (Å²) in [6.07, 6.45) is 19.1. The molecule has 0 spiro atoms. The van der Waals surface area contributed by atoms with Crippen LogP contribution < -0.4 is 9.64 Å². The predicted molar refractivity (Wildman–Crippen MR) is 224 cm³/mol. The molecule has 2 heterocycles. The molecule has 53 heavy (non-hydrogen) atoms. The molecule has 3 heteroatoms. The fraction of sp³-hybridized carbons (Fsp3) is 0.220.